The standard InChI is InChI=1S/C64H113NO8/c1-3-5-7-9-11-13-15-17-19-21-23-24-25-26-27-28-29-30-31-32-33-34-36-37-39-41-43-45-47-49-51-53-58(67)57(56-72-64-63(71)62(70)61(69)59(55-66)73-64)65-60(68)54-52-50-48-46-44-42-40-38-35-22-20-18-16-14-12-10-8-6-4-2/h6,8,12,14,18,20,35,38,42,44,48,50-51,53,57-59,61-64,66-67,69-71H,3-5,7,9-11,13,15-17,19,21-34,36-37,39-41,43,45-47,49,52,54-56H2,1-2H3,(H,65,68)/b8-6-,14-12-,20-18-,38-35-,44-42-,50-48-,53-51+. The van der Waals surface area contributed by atoms with Gasteiger partial charge in [-0.05, 0) is 57.8 Å². The number of nitrogens with one attached hydrogen (secondary N) is 1. The highest BCUT2D eigenvalue weighted by atomic mass is 16.7. The van der Waals surface area contributed by atoms with Crippen LogP contribution in [0.3, 0.4) is 0 Å². The fourth-order valence-electron chi connectivity index (χ4n) is 9.24. The van der Waals surface area contributed by atoms with Crippen LogP contribution in [0.4, 0.5) is 0 Å². The number of allylic oxidation sites excluding steroid dienone is 13. The molecule has 0 aromatic carbocycles. The van der Waals surface area contributed by atoms with E-state index in [0.29, 0.717) is 6.42 Å². The van der Waals surface area contributed by atoms with E-state index in [1.165, 1.54) is 173 Å². The van der Waals surface area contributed by atoms with Crippen LogP contribution in [0.2, 0.25) is 0 Å². The van der Waals surface area contributed by atoms with Crippen molar-refractivity contribution in [2.75, 3.05) is 13.2 Å². The molecule has 0 bridgehead atoms. The summed E-state index contributed by atoms with van der Waals surface area (Å²) in [5, 5.41) is 54.5. The summed E-state index contributed by atoms with van der Waals surface area (Å²) in [5.74, 6) is -0.259. The highest BCUT2D eigenvalue weighted by molar-refractivity contribution is 5.76. The molecule has 0 aromatic rings. The summed E-state index contributed by atoms with van der Waals surface area (Å²) in [6.45, 7) is 3.64. The molecule has 73 heavy (non-hydrogen) atoms. The van der Waals surface area contributed by atoms with Gasteiger partial charge in [-0.3, -0.25) is 4.79 Å². The molecule has 1 amide bonds. The number of aliphatic hydroxyl groups excluding tert-OH is 5. The lowest BCUT2D eigenvalue weighted by molar-refractivity contribution is -0.302. The molecule has 1 heterocycles. The van der Waals surface area contributed by atoms with Crippen molar-refractivity contribution in [2.45, 2.75) is 301 Å². The van der Waals surface area contributed by atoms with Crippen molar-refractivity contribution in [3.05, 3.63) is 85.1 Å². The van der Waals surface area contributed by atoms with Crippen LogP contribution in [0.1, 0.15) is 258 Å². The molecule has 1 aliphatic heterocycles. The minimum absolute atomic E-state index is 0.217. The van der Waals surface area contributed by atoms with E-state index >= 15 is 0 Å². The highest BCUT2D eigenvalue weighted by Gasteiger charge is 2.44. The SMILES string of the molecule is CC/C=C\C/C=C\C/C=C\C/C=C\C/C=C\C/C=C\CCC(=O)NC(COC1OC(CO)C(O)C(O)C1O)C(O)/C=C/CCCCCCCCCCCCCCCCCCCCCCCCCCCCCCC. The average molecular weight is 1020 g/mol. The van der Waals surface area contributed by atoms with Crippen LogP contribution in [0.25, 0.3) is 0 Å². The lowest BCUT2D eigenvalue weighted by Gasteiger charge is -2.40. The second-order valence-corrected chi connectivity index (χ2v) is 20.8. The number of rotatable bonds is 51. The molecule has 0 aromatic heterocycles. The van der Waals surface area contributed by atoms with Crippen molar-refractivity contribution < 1.29 is 39.8 Å². The Balaban J connectivity index is 2.22. The van der Waals surface area contributed by atoms with Gasteiger partial charge in [0.15, 0.2) is 6.29 Å². The number of ether oxygens (including phenoxy) is 2. The lowest BCUT2D eigenvalue weighted by Crippen LogP contribution is -2.60. The maximum Gasteiger partial charge on any atom is 0.220 e. The van der Waals surface area contributed by atoms with Gasteiger partial charge in [0.25, 0.3) is 0 Å². The monoisotopic (exact) mass is 1020 g/mol. The first-order valence-electron chi connectivity index (χ1n) is 30.3. The average Bonchev–Trinajstić information content (AvgIpc) is 3.39. The number of unbranched alkanes of at least 4 members (excludes halogenated alkanes) is 29. The Labute approximate surface area is 448 Å². The van der Waals surface area contributed by atoms with Crippen molar-refractivity contribution in [3.8, 4) is 0 Å². The molecule has 9 heteroatoms. The minimum atomic E-state index is -1.59. The molecule has 1 aliphatic rings. The molecule has 0 radical (unpaired) electrons. The molecule has 7 atom stereocenters. The normalized spacial score (nSPS) is 19.7. The van der Waals surface area contributed by atoms with Gasteiger partial charge in [0.05, 0.1) is 25.4 Å². The van der Waals surface area contributed by atoms with Crippen molar-refractivity contribution in [1.82, 2.24) is 5.32 Å². The first-order chi connectivity index (χ1) is 35.8. The molecule has 422 valence electrons. The second kappa shape index (κ2) is 52.8. The predicted molar refractivity (Wildman–Crippen MR) is 308 cm³/mol. The van der Waals surface area contributed by atoms with E-state index in [0.717, 1.165) is 57.8 Å². The van der Waals surface area contributed by atoms with Gasteiger partial charge in [-0.25, -0.2) is 0 Å². The van der Waals surface area contributed by atoms with E-state index in [1.807, 2.05) is 18.2 Å². The molecule has 1 rings (SSSR count). The van der Waals surface area contributed by atoms with Crippen molar-refractivity contribution in [2.24, 2.45) is 0 Å². The number of aliphatic hydroxyl groups is 5. The Bertz CT molecular complexity index is 1420. The van der Waals surface area contributed by atoms with Crippen LogP contribution in [0.15, 0.2) is 85.1 Å². The smallest absolute Gasteiger partial charge is 0.220 e. The fourth-order valence-corrected chi connectivity index (χ4v) is 9.24. The van der Waals surface area contributed by atoms with Gasteiger partial charge >= 0.3 is 0 Å². The van der Waals surface area contributed by atoms with Gasteiger partial charge in [0.2, 0.25) is 5.91 Å². The Hall–Kier alpha value is -2.63. The van der Waals surface area contributed by atoms with E-state index in [4.69, 9.17) is 9.47 Å². The van der Waals surface area contributed by atoms with Gasteiger partial charge in [-0.2, -0.15) is 0 Å². The predicted octanol–water partition coefficient (Wildman–Crippen LogP) is 15.4. The summed E-state index contributed by atoms with van der Waals surface area (Å²) in [7, 11) is 0. The highest BCUT2D eigenvalue weighted by Crippen LogP contribution is 2.23. The molecule has 1 fully saturated rings. The Kier molecular flexibility index (Phi) is 49.5. The van der Waals surface area contributed by atoms with Gasteiger partial charge in [-0.15, -0.1) is 0 Å². The Morgan fingerprint density at radius 1 is 0.479 bits per heavy atom. The van der Waals surface area contributed by atoms with E-state index in [-0.39, 0.29) is 18.9 Å². The third-order valence-corrected chi connectivity index (χ3v) is 14.0. The minimum Gasteiger partial charge on any atom is -0.394 e. The first-order valence-corrected chi connectivity index (χ1v) is 30.3. The second-order valence-electron chi connectivity index (χ2n) is 20.8. The molecular weight excluding hydrogens is 911 g/mol. The third-order valence-electron chi connectivity index (χ3n) is 14.0. The lowest BCUT2D eigenvalue weighted by atomic mass is 9.99. The molecule has 0 aliphatic carbocycles. The molecule has 7 unspecified atom stereocenters. The number of carbonyl (C=O) groups excluding carboxylic acids is 1. The molecule has 6 N–H and O–H groups in total. The number of hydrogen-bond donors (Lipinski definition) is 6. The van der Waals surface area contributed by atoms with Crippen LogP contribution in [0.5, 0.6) is 0 Å². The maximum absolute atomic E-state index is 13.0. The van der Waals surface area contributed by atoms with Gasteiger partial charge in [0.1, 0.15) is 24.4 Å². The van der Waals surface area contributed by atoms with Crippen LogP contribution >= 0.6 is 0 Å². The van der Waals surface area contributed by atoms with E-state index < -0.39 is 49.5 Å². The van der Waals surface area contributed by atoms with Crippen molar-refractivity contribution in [1.29, 1.82) is 0 Å². The third kappa shape index (κ3) is 42.2. The summed E-state index contributed by atoms with van der Waals surface area (Å²) in [4.78, 5) is 13.0. The number of hydrogen-bond acceptors (Lipinski definition) is 8. The van der Waals surface area contributed by atoms with Crippen molar-refractivity contribution >= 4 is 5.91 Å². The molecule has 0 saturated carbocycles. The van der Waals surface area contributed by atoms with Crippen LogP contribution in [-0.2, 0) is 14.3 Å². The fraction of sp³-hybridized carbons (Fsp3) is 0.766. The summed E-state index contributed by atoms with van der Waals surface area (Å²) >= 11 is 0. The van der Waals surface area contributed by atoms with Gasteiger partial charge in [0, 0.05) is 6.42 Å². The van der Waals surface area contributed by atoms with Crippen LogP contribution < -0.4 is 5.32 Å². The molecular formula is C64H113NO8. The topological polar surface area (TPSA) is 149 Å². The van der Waals surface area contributed by atoms with Crippen molar-refractivity contribution in [3.63, 3.8) is 0 Å². The molecule has 9 nitrogen and oxygen atoms in total. The summed E-state index contributed by atoms with van der Waals surface area (Å²) in [6.07, 6.45) is 68.3. The van der Waals surface area contributed by atoms with E-state index in [2.05, 4.69) is 79.9 Å². The van der Waals surface area contributed by atoms with Crippen LogP contribution in [0, 0.1) is 0 Å². The Morgan fingerprint density at radius 3 is 1.23 bits per heavy atom. The summed E-state index contributed by atoms with van der Waals surface area (Å²) in [5.41, 5.74) is 0. The Morgan fingerprint density at radius 2 is 0.849 bits per heavy atom. The van der Waals surface area contributed by atoms with E-state index in [1.54, 1.807) is 6.08 Å². The number of carbonyl (C=O) groups is 1. The van der Waals surface area contributed by atoms with Gasteiger partial charge < -0.3 is 40.3 Å². The first kappa shape index (κ1) is 68.4. The summed E-state index contributed by atoms with van der Waals surface area (Å²) in [6, 6.07) is -0.852. The van der Waals surface area contributed by atoms with Crippen LogP contribution in [-0.4, -0.2) is 87.5 Å². The zero-order valence-corrected chi connectivity index (χ0v) is 46.9. The van der Waals surface area contributed by atoms with E-state index in [9.17, 15) is 30.3 Å². The molecule has 1 saturated heterocycles. The quantitative estimate of drug-likeness (QED) is 0.0261. The zero-order chi connectivity index (χ0) is 52.9. The number of amides is 1. The molecule has 0 spiro atoms. The van der Waals surface area contributed by atoms with Gasteiger partial charge in [-0.1, -0.05) is 279 Å². The largest absolute Gasteiger partial charge is 0.394 e. The zero-order valence-electron chi connectivity index (χ0n) is 46.9. The maximum atomic E-state index is 13.0. The summed E-state index contributed by atoms with van der Waals surface area (Å²) < 4.78 is 11.2.